The first-order valence-corrected chi connectivity index (χ1v) is 13.5. The van der Waals surface area contributed by atoms with Gasteiger partial charge in [-0.15, -0.1) is 0 Å². The van der Waals surface area contributed by atoms with Crippen LogP contribution in [0.15, 0.2) is 35.9 Å². The second kappa shape index (κ2) is 7.07. The molecule has 0 N–H and O–H groups in total. The van der Waals surface area contributed by atoms with Crippen LogP contribution in [-0.4, -0.2) is 24.0 Å². The second-order valence-corrected chi connectivity index (χ2v) is 13.7. The van der Waals surface area contributed by atoms with Gasteiger partial charge in [0.2, 0.25) is 0 Å². The number of anilines is 1. The zero-order chi connectivity index (χ0) is 22.5. The highest BCUT2D eigenvalue weighted by Crippen LogP contribution is 2.73. The van der Waals surface area contributed by atoms with E-state index in [1.807, 2.05) is 0 Å². The summed E-state index contributed by atoms with van der Waals surface area (Å²) in [5.41, 5.74) is 4.42. The molecule has 0 aromatic heterocycles. The molecule has 2 nitrogen and oxygen atoms in total. The van der Waals surface area contributed by atoms with E-state index in [1.165, 1.54) is 43.4 Å². The Morgan fingerprint density at radius 1 is 0.938 bits per heavy atom. The number of benzene rings is 1. The maximum absolute atomic E-state index is 12.8. The van der Waals surface area contributed by atoms with Crippen molar-refractivity contribution in [3.63, 3.8) is 0 Å². The summed E-state index contributed by atoms with van der Waals surface area (Å²) in [6, 6.07) is 9.21. The van der Waals surface area contributed by atoms with Crippen molar-refractivity contribution in [2.24, 2.45) is 34.5 Å². The molecule has 5 aliphatic rings. The molecule has 1 aromatic carbocycles. The van der Waals surface area contributed by atoms with Crippen LogP contribution in [0.2, 0.25) is 0 Å². The van der Waals surface area contributed by atoms with Gasteiger partial charge in [0.15, 0.2) is 0 Å². The van der Waals surface area contributed by atoms with Crippen molar-refractivity contribution in [1.29, 1.82) is 0 Å². The maximum Gasteiger partial charge on any atom is 0.139 e. The first-order valence-electron chi connectivity index (χ1n) is 12.6. The normalized spacial score (nSPS) is 40.8. The molecule has 1 unspecified atom stereocenters. The Hall–Kier alpha value is -0.870. The summed E-state index contributed by atoms with van der Waals surface area (Å²) in [6.45, 7) is 2.29. The van der Waals surface area contributed by atoms with Gasteiger partial charge in [-0.25, -0.2) is 0 Å². The van der Waals surface area contributed by atoms with Crippen molar-refractivity contribution in [2.75, 3.05) is 19.0 Å². The summed E-state index contributed by atoms with van der Waals surface area (Å²) in [4.78, 5) is 15.0. The minimum absolute atomic E-state index is 0.0589. The number of nitrogens with zero attached hydrogens (tertiary/aromatic N) is 1. The number of hydrogen-bond donors (Lipinski definition) is 2. The Morgan fingerprint density at radius 3 is 2.31 bits per heavy atom. The fraction of sp³-hybridized carbons (Fsp3) is 0.679. The van der Waals surface area contributed by atoms with Crippen LogP contribution in [0.25, 0.3) is 0 Å². The lowest BCUT2D eigenvalue weighted by atomic mass is 9.49. The fourth-order valence-corrected chi connectivity index (χ4v) is 9.64. The van der Waals surface area contributed by atoms with E-state index in [9.17, 15) is 4.79 Å². The lowest BCUT2D eigenvalue weighted by Gasteiger charge is -2.58. The Kier molecular flexibility index (Phi) is 4.78. The summed E-state index contributed by atoms with van der Waals surface area (Å²) in [6.07, 6.45) is 11.7. The van der Waals surface area contributed by atoms with E-state index < -0.39 is 0 Å². The standard InChI is InChI=1S/C28H37NOS2/c1-26-13-12-21-20(22(26)10-11-23(26)30)9-6-18-16-27(14-15-27)28(31,32)25(24(18)21)17-4-7-19(8-5-17)29(2)3/h4-5,7-8,16,20-22,24-25,31-32H,6,9-15H2,1-3H3/t20-,21+,22+,24+,25?,26+/m1/s1. The van der Waals surface area contributed by atoms with Crippen LogP contribution in [0.4, 0.5) is 5.69 Å². The van der Waals surface area contributed by atoms with Crippen molar-refractivity contribution < 1.29 is 4.79 Å². The number of thiol groups is 2. The summed E-state index contributed by atoms with van der Waals surface area (Å²) in [5.74, 6) is 3.29. The first kappa shape index (κ1) is 21.6. The van der Waals surface area contributed by atoms with Gasteiger partial charge >= 0.3 is 0 Å². The van der Waals surface area contributed by atoms with Crippen LogP contribution >= 0.6 is 25.3 Å². The highest BCUT2D eigenvalue weighted by molar-refractivity contribution is 8.00. The number of allylic oxidation sites excluding steroid dienone is 2. The third-order valence-corrected chi connectivity index (χ3v) is 11.8. The van der Waals surface area contributed by atoms with E-state index in [4.69, 9.17) is 25.3 Å². The highest BCUT2D eigenvalue weighted by Gasteiger charge is 2.66. The van der Waals surface area contributed by atoms with E-state index >= 15 is 0 Å². The second-order valence-electron chi connectivity index (χ2n) is 12.0. The van der Waals surface area contributed by atoms with Crippen LogP contribution in [0, 0.1) is 34.5 Å². The zero-order valence-electron chi connectivity index (χ0n) is 19.7. The number of rotatable bonds is 2. The molecule has 4 saturated carbocycles. The van der Waals surface area contributed by atoms with Crippen molar-refractivity contribution in [3.8, 4) is 0 Å². The number of hydrogen-bond acceptors (Lipinski definition) is 4. The Morgan fingerprint density at radius 2 is 1.66 bits per heavy atom. The van der Waals surface area contributed by atoms with E-state index in [-0.39, 0.29) is 14.9 Å². The molecule has 0 radical (unpaired) electrons. The summed E-state index contributed by atoms with van der Waals surface area (Å²) in [5, 5.41) is 0. The molecular formula is C28H37NOS2. The monoisotopic (exact) mass is 467 g/mol. The lowest BCUT2D eigenvalue weighted by molar-refractivity contribution is -0.131. The SMILES string of the molecule is CN(C)c1ccc(C2[C@H]3C(=CC4(CC4)C2(S)S)CC[C@@H]2[C@@H]3CC[C@]3(C)C(=O)CC[C@@H]23)cc1. The summed E-state index contributed by atoms with van der Waals surface area (Å²) in [7, 11) is 4.20. The molecule has 0 amide bonds. The molecule has 5 aliphatic carbocycles. The van der Waals surface area contributed by atoms with Gasteiger partial charge in [-0.2, -0.15) is 25.3 Å². The quantitative estimate of drug-likeness (QED) is 0.293. The molecule has 172 valence electrons. The predicted octanol–water partition coefficient (Wildman–Crippen LogP) is 6.53. The lowest BCUT2D eigenvalue weighted by Crippen LogP contribution is -2.52. The molecule has 4 fully saturated rings. The van der Waals surface area contributed by atoms with Gasteiger partial charge in [0.25, 0.3) is 0 Å². The first-order chi connectivity index (χ1) is 15.2. The largest absolute Gasteiger partial charge is 0.378 e. The van der Waals surface area contributed by atoms with Gasteiger partial charge in [-0.1, -0.05) is 30.7 Å². The van der Waals surface area contributed by atoms with Gasteiger partial charge in [-0.05, 0) is 86.3 Å². The van der Waals surface area contributed by atoms with E-state index in [0.29, 0.717) is 35.4 Å². The third-order valence-electron chi connectivity index (χ3n) is 10.4. The Bertz CT molecular complexity index is 976. The molecule has 0 saturated heterocycles. The average Bonchev–Trinajstić information content (AvgIpc) is 3.48. The number of carbonyl (C=O) groups excluding carboxylic acids is 1. The maximum atomic E-state index is 12.8. The van der Waals surface area contributed by atoms with Crippen molar-refractivity contribution in [3.05, 3.63) is 41.5 Å². The summed E-state index contributed by atoms with van der Waals surface area (Å²) >= 11 is 10.7. The van der Waals surface area contributed by atoms with Crippen LogP contribution in [0.5, 0.6) is 0 Å². The number of fused-ring (bicyclic) bond motifs is 5. The van der Waals surface area contributed by atoms with Crippen LogP contribution in [0.3, 0.4) is 0 Å². The van der Waals surface area contributed by atoms with E-state index in [1.54, 1.807) is 5.57 Å². The number of carbonyl (C=O) groups is 1. The van der Waals surface area contributed by atoms with Gasteiger partial charge in [-0.3, -0.25) is 4.79 Å². The molecule has 4 heteroatoms. The van der Waals surface area contributed by atoms with E-state index in [2.05, 4.69) is 56.3 Å². The predicted molar refractivity (Wildman–Crippen MR) is 139 cm³/mol. The van der Waals surface area contributed by atoms with Crippen molar-refractivity contribution in [2.45, 2.75) is 68.3 Å². The minimum Gasteiger partial charge on any atom is -0.378 e. The number of ketones is 1. The Labute approximate surface area is 204 Å². The molecule has 1 spiro atoms. The van der Waals surface area contributed by atoms with Crippen molar-refractivity contribution >= 4 is 36.7 Å². The van der Waals surface area contributed by atoms with Gasteiger partial charge in [0.1, 0.15) is 5.78 Å². The molecular weight excluding hydrogens is 430 g/mol. The molecule has 6 atom stereocenters. The zero-order valence-corrected chi connectivity index (χ0v) is 21.5. The Balaban J connectivity index is 1.43. The number of Topliss-reactive ketones (excluding diaryl/α,β-unsaturated/α-hetero) is 1. The average molecular weight is 468 g/mol. The minimum atomic E-state index is -0.324. The van der Waals surface area contributed by atoms with Crippen molar-refractivity contribution in [1.82, 2.24) is 0 Å². The van der Waals surface area contributed by atoms with Gasteiger partial charge < -0.3 is 4.90 Å². The summed E-state index contributed by atoms with van der Waals surface area (Å²) < 4.78 is -0.324. The smallest absolute Gasteiger partial charge is 0.139 e. The van der Waals surface area contributed by atoms with E-state index in [0.717, 1.165) is 19.3 Å². The van der Waals surface area contributed by atoms with Gasteiger partial charge in [0.05, 0.1) is 4.08 Å². The van der Waals surface area contributed by atoms with Gasteiger partial charge in [0, 0.05) is 43.0 Å². The molecule has 6 rings (SSSR count). The van der Waals surface area contributed by atoms with Crippen LogP contribution < -0.4 is 4.90 Å². The molecule has 1 aromatic rings. The molecule has 32 heavy (non-hydrogen) atoms. The molecule has 0 bridgehead atoms. The van der Waals surface area contributed by atoms with Crippen LogP contribution in [0.1, 0.15) is 69.8 Å². The highest BCUT2D eigenvalue weighted by atomic mass is 32.2. The molecule has 0 heterocycles. The fourth-order valence-electron chi connectivity index (χ4n) is 8.44. The molecule has 0 aliphatic heterocycles. The third kappa shape index (κ3) is 2.84. The van der Waals surface area contributed by atoms with Crippen LogP contribution in [-0.2, 0) is 4.79 Å². The topological polar surface area (TPSA) is 20.3 Å².